The van der Waals surface area contributed by atoms with Crippen molar-refractivity contribution < 1.29 is 9.53 Å². The van der Waals surface area contributed by atoms with Gasteiger partial charge < -0.3 is 15.4 Å². The van der Waals surface area contributed by atoms with Crippen LogP contribution in [0.2, 0.25) is 0 Å². The molecule has 23 heavy (non-hydrogen) atoms. The molecule has 1 saturated heterocycles. The summed E-state index contributed by atoms with van der Waals surface area (Å²) >= 11 is 0. The number of nitrogens with two attached hydrogens (primary N) is 1. The molecule has 1 aliphatic heterocycles. The quantitative estimate of drug-likeness (QED) is 0.895. The van der Waals surface area contributed by atoms with E-state index in [-0.39, 0.29) is 30.3 Å². The summed E-state index contributed by atoms with van der Waals surface area (Å²) in [6, 6.07) is 8.20. The summed E-state index contributed by atoms with van der Waals surface area (Å²) in [4.78, 5) is 14.5. The number of hydrogen-bond acceptors (Lipinski definition) is 3. The number of benzene rings is 1. The number of ether oxygens (including phenoxy) is 1. The first-order valence-corrected chi connectivity index (χ1v) is 8.18. The number of methoxy groups -OCH3 is 1. The van der Waals surface area contributed by atoms with Gasteiger partial charge in [0.25, 0.3) is 0 Å². The number of likely N-dealkylation sites (tertiary alicyclic amines) is 1. The second kappa shape index (κ2) is 9.14. The minimum absolute atomic E-state index is 0. The van der Waals surface area contributed by atoms with Crippen LogP contribution in [0.15, 0.2) is 24.3 Å². The lowest BCUT2D eigenvalue weighted by Gasteiger charge is -2.34. The zero-order valence-corrected chi connectivity index (χ0v) is 15.1. The number of nitrogens with zero attached hydrogens (tertiary/aromatic N) is 1. The van der Waals surface area contributed by atoms with Crippen LogP contribution in [-0.4, -0.2) is 37.0 Å². The van der Waals surface area contributed by atoms with Gasteiger partial charge in [-0.1, -0.05) is 19.1 Å². The molecule has 0 radical (unpaired) electrons. The number of carbonyl (C=O) groups is 1. The molecule has 2 N–H and O–H groups in total. The third-order valence-electron chi connectivity index (χ3n) is 4.78. The molecule has 1 aromatic carbocycles. The van der Waals surface area contributed by atoms with Gasteiger partial charge in [-0.3, -0.25) is 4.79 Å². The van der Waals surface area contributed by atoms with E-state index >= 15 is 0 Å². The first kappa shape index (κ1) is 19.8. The smallest absolute Gasteiger partial charge is 0.223 e. The number of halogens is 1. The van der Waals surface area contributed by atoms with Crippen molar-refractivity contribution in [3.63, 3.8) is 0 Å². The molecule has 1 heterocycles. The number of hydrogen-bond donors (Lipinski definition) is 1. The summed E-state index contributed by atoms with van der Waals surface area (Å²) in [7, 11) is 1.66. The van der Waals surface area contributed by atoms with Gasteiger partial charge in [-0.05, 0) is 49.3 Å². The zero-order chi connectivity index (χ0) is 16.1. The van der Waals surface area contributed by atoms with Crippen LogP contribution in [0, 0.1) is 5.92 Å². The minimum Gasteiger partial charge on any atom is -0.497 e. The molecule has 2 unspecified atom stereocenters. The average molecular weight is 341 g/mol. The lowest BCUT2D eigenvalue weighted by molar-refractivity contribution is -0.133. The van der Waals surface area contributed by atoms with Gasteiger partial charge in [0.05, 0.1) is 7.11 Å². The Kier molecular flexibility index (Phi) is 7.86. The molecule has 2 rings (SSSR count). The Hall–Kier alpha value is -1.26. The molecule has 0 aliphatic carbocycles. The Morgan fingerprint density at radius 3 is 2.57 bits per heavy atom. The lowest BCUT2D eigenvalue weighted by atomic mass is 9.90. The molecular weight excluding hydrogens is 312 g/mol. The normalized spacial score (nSPS) is 18.0. The van der Waals surface area contributed by atoms with E-state index < -0.39 is 0 Å². The molecule has 0 bridgehead atoms. The molecule has 1 aliphatic rings. The molecule has 4 nitrogen and oxygen atoms in total. The van der Waals surface area contributed by atoms with Crippen LogP contribution in [0.5, 0.6) is 5.75 Å². The highest BCUT2D eigenvalue weighted by molar-refractivity contribution is 5.85. The highest BCUT2D eigenvalue weighted by Gasteiger charge is 2.25. The second-order valence-electron chi connectivity index (χ2n) is 6.46. The van der Waals surface area contributed by atoms with Gasteiger partial charge in [-0.2, -0.15) is 0 Å². The average Bonchev–Trinajstić information content (AvgIpc) is 2.54. The highest BCUT2D eigenvalue weighted by atomic mass is 35.5. The minimum atomic E-state index is 0. The monoisotopic (exact) mass is 340 g/mol. The van der Waals surface area contributed by atoms with E-state index in [1.165, 1.54) is 0 Å². The Morgan fingerprint density at radius 2 is 2.00 bits per heavy atom. The Balaban J connectivity index is 0.00000264. The molecule has 5 heteroatoms. The van der Waals surface area contributed by atoms with Gasteiger partial charge in [-0.25, -0.2) is 0 Å². The van der Waals surface area contributed by atoms with E-state index in [0.29, 0.717) is 12.3 Å². The van der Waals surface area contributed by atoms with Gasteiger partial charge in [-0.15, -0.1) is 12.4 Å². The van der Waals surface area contributed by atoms with E-state index in [2.05, 4.69) is 19.9 Å². The predicted octanol–water partition coefficient (Wildman–Crippen LogP) is 3.20. The zero-order valence-electron chi connectivity index (χ0n) is 14.3. The fraction of sp³-hybridized carbons (Fsp3) is 0.611. The molecule has 1 amide bonds. The summed E-state index contributed by atoms with van der Waals surface area (Å²) < 4.78 is 5.25. The van der Waals surface area contributed by atoms with E-state index in [9.17, 15) is 4.79 Å². The van der Waals surface area contributed by atoms with E-state index in [1.807, 2.05) is 23.1 Å². The van der Waals surface area contributed by atoms with E-state index in [4.69, 9.17) is 10.5 Å². The SMILES string of the molecule is COc1cccc(C(C)CC(=O)N2CCC(C(C)N)CC2)c1.Cl. The van der Waals surface area contributed by atoms with Crippen LogP contribution in [-0.2, 0) is 4.79 Å². The van der Waals surface area contributed by atoms with Crippen LogP contribution in [0.1, 0.15) is 44.6 Å². The van der Waals surface area contributed by atoms with Crippen LogP contribution < -0.4 is 10.5 Å². The molecular formula is C18H29ClN2O2. The van der Waals surface area contributed by atoms with Gasteiger partial charge in [0.1, 0.15) is 5.75 Å². The summed E-state index contributed by atoms with van der Waals surface area (Å²) in [6.45, 7) is 5.85. The van der Waals surface area contributed by atoms with Crippen molar-refractivity contribution in [2.45, 2.75) is 45.1 Å². The number of amides is 1. The van der Waals surface area contributed by atoms with Crippen LogP contribution in [0.25, 0.3) is 0 Å². The highest BCUT2D eigenvalue weighted by Crippen LogP contribution is 2.26. The van der Waals surface area contributed by atoms with Crippen LogP contribution in [0.4, 0.5) is 0 Å². The molecule has 0 saturated carbocycles. The maximum atomic E-state index is 12.5. The van der Waals surface area contributed by atoms with Gasteiger partial charge in [0.2, 0.25) is 5.91 Å². The maximum Gasteiger partial charge on any atom is 0.223 e. The van der Waals surface area contributed by atoms with Crippen molar-refractivity contribution in [1.29, 1.82) is 0 Å². The third-order valence-corrected chi connectivity index (χ3v) is 4.78. The number of piperidine rings is 1. The van der Waals surface area contributed by atoms with Crippen molar-refractivity contribution in [2.75, 3.05) is 20.2 Å². The van der Waals surface area contributed by atoms with Crippen LogP contribution in [0.3, 0.4) is 0 Å². The molecule has 2 atom stereocenters. The second-order valence-corrected chi connectivity index (χ2v) is 6.46. The van der Waals surface area contributed by atoms with Gasteiger partial charge in [0, 0.05) is 25.6 Å². The maximum absolute atomic E-state index is 12.5. The molecule has 0 spiro atoms. The van der Waals surface area contributed by atoms with Crippen molar-refractivity contribution in [2.24, 2.45) is 11.7 Å². The lowest BCUT2D eigenvalue weighted by Crippen LogP contribution is -2.42. The summed E-state index contributed by atoms with van der Waals surface area (Å²) in [5.41, 5.74) is 7.11. The van der Waals surface area contributed by atoms with E-state index in [1.54, 1.807) is 7.11 Å². The topological polar surface area (TPSA) is 55.6 Å². The van der Waals surface area contributed by atoms with Crippen molar-refractivity contribution >= 4 is 18.3 Å². The van der Waals surface area contributed by atoms with Gasteiger partial charge >= 0.3 is 0 Å². The summed E-state index contributed by atoms with van der Waals surface area (Å²) in [5.74, 6) is 1.85. The standard InChI is InChI=1S/C18H28N2O2.ClH/c1-13(16-5-4-6-17(12-16)22-3)11-18(21)20-9-7-15(8-10-20)14(2)19;/h4-6,12-15H,7-11,19H2,1-3H3;1H. The van der Waals surface area contributed by atoms with Gasteiger partial charge in [0.15, 0.2) is 0 Å². The molecule has 0 aromatic heterocycles. The number of carbonyl (C=O) groups excluding carboxylic acids is 1. The molecule has 1 aromatic rings. The van der Waals surface area contributed by atoms with Crippen LogP contribution >= 0.6 is 12.4 Å². The first-order chi connectivity index (χ1) is 10.5. The van der Waals surface area contributed by atoms with Crippen molar-refractivity contribution in [3.8, 4) is 5.75 Å². The predicted molar refractivity (Wildman–Crippen MR) is 96.2 cm³/mol. The molecule has 130 valence electrons. The Bertz CT molecular complexity index is 500. The Labute approximate surface area is 145 Å². The fourth-order valence-corrected chi connectivity index (χ4v) is 3.13. The largest absolute Gasteiger partial charge is 0.497 e. The van der Waals surface area contributed by atoms with E-state index in [0.717, 1.165) is 37.2 Å². The first-order valence-electron chi connectivity index (χ1n) is 8.18. The fourth-order valence-electron chi connectivity index (χ4n) is 3.13. The van der Waals surface area contributed by atoms with Crippen molar-refractivity contribution in [3.05, 3.63) is 29.8 Å². The van der Waals surface area contributed by atoms with Crippen molar-refractivity contribution in [1.82, 2.24) is 4.90 Å². The summed E-state index contributed by atoms with van der Waals surface area (Å²) in [5, 5.41) is 0. The summed E-state index contributed by atoms with van der Waals surface area (Å²) in [6.07, 6.45) is 2.60. The third kappa shape index (κ3) is 5.40. The molecule has 1 fully saturated rings. The number of rotatable bonds is 5. The Morgan fingerprint density at radius 1 is 1.35 bits per heavy atom.